The maximum absolute atomic E-state index is 12.8. The highest BCUT2D eigenvalue weighted by Crippen LogP contribution is 2.03. The Kier molecular flexibility index (Phi) is 4.33. The summed E-state index contributed by atoms with van der Waals surface area (Å²) in [5.74, 6) is -0.182. The monoisotopic (exact) mass is 193 g/mol. The van der Waals surface area contributed by atoms with Crippen LogP contribution in [0, 0.1) is 5.82 Å². The molecule has 1 nitrogen and oxygen atoms in total. The maximum atomic E-state index is 12.8. The van der Waals surface area contributed by atoms with Crippen LogP contribution in [0.25, 0.3) is 0 Å². The molecule has 0 bridgehead atoms. The molecule has 14 heavy (non-hydrogen) atoms. The molecule has 0 saturated heterocycles. The first-order valence-corrected chi connectivity index (χ1v) is 4.84. The van der Waals surface area contributed by atoms with Gasteiger partial charge in [0.05, 0.1) is 0 Å². The lowest BCUT2D eigenvalue weighted by molar-refractivity contribution is 0.622. The quantitative estimate of drug-likeness (QED) is 0.709. The molecule has 0 aliphatic rings. The number of halogens is 1. The minimum absolute atomic E-state index is 0.182. The largest absolute Gasteiger partial charge is 0.309 e. The molecule has 0 aliphatic heterocycles. The summed E-state index contributed by atoms with van der Waals surface area (Å²) in [4.78, 5) is 0. The number of hydrogen-bond acceptors (Lipinski definition) is 1. The number of hydrogen-bond donors (Lipinski definition) is 1. The van der Waals surface area contributed by atoms with Crippen molar-refractivity contribution in [1.29, 1.82) is 0 Å². The van der Waals surface area contributed by atoms with Crippen molar-refractivity contribution >= 4 is 0 Å². The molecule has 0 fully saturated rings. The molecule has 0 atom stereocenters. The Morgan fingerprint density at radius 1 is 1.50 bits per heavy atom. The Morgan fingerprint density at radius 3 is 2.93 bits per heavy atom. The zero-order chi connectivity index (χ0) is 10.4. The van der Waals surface area contributed by atoms with Gasteiger partial charge >= 0.3 is 0 Å². The van der Waals surface area contributed by atoms with Crippen molar-refractivity contribution in [2.24, 2.45) is 0 Å². The fourth-order valence-electron chi connectivity index (χ4n) is 1.16. The fourth-order valence-corrected chi connectivity index (χ4v) is 1.16. The van der Waals surface area contributed by atoms with Gasteiger partial charge in [0.1, 0.15) is 5.82 Å². The van der Waals surface area contributed by atoms with Gasteiger partial charge in [0.25, 0.3) is 0 Å². The minimum atomic E-state index is -0.182. The molecule has 0 unspecified atom stereocenters. The highest BCUT2D eigenvalue weighted by Gasteiger charge is 1.95. The van der Waals surface area contributed by atoms with E-state index in [0.717, 1.165) is 18.5 Å². The van der Waals surface area contributed by atoms with Crippen LogP contribution in [0.1, 0.15) is 18.9 Å². The molecule has 76 valence electrons. The van der Waals surface area contributed by atoms with Gasteiger partial charge < -0.3 is 5.32 Å². The van der Waals surface area contributed by atoms with Gasteiger partial charge in [0.2, 0.25) is 0 Å². The van der Waals surface area contributed by atoms with Crippen molar-refractivity contribution in [2.75, 3.05) is 6.54 Å². The van der Waals surface area contributed by atoms with Crippen molar-refractivity contribution in [2.45, 2.75) is 19.9 Å². The molecule has 0 spiro atoms. The molecule has 1 aromatic carbocycles. The number of rotatable bonds is 5. The van der Waals surface area contributed by atoms with E-state index in [9.17, 15) is 4.39 Å². The first-order valence-electron chi connectivity index (χ1n) is 4.84. The van der Waals surface area contributed by atoms with Gasteiger partial charge in [-0.25, -0.2) is 4.39 Å². The second-order valence-electron chi connectivity index (χ2n) is 3.34. The number of nitrogens with one attached hydrogen (secondary N) is 1. The lowest BCUT2D eigenvalue weighted by atomic mass is 10.2. The summed E-state index contributed by atoms with van der Waals surface area (Å²) in [6, 6.07) is 6.63. The van der Waals surface area contributed by atoms with Crippen molar-refractivity contribution in [1.82, 2.24) is 5.32 Å². The Labute approximate surface area is 84.6 Å². The average Bonchev–Trinajstić information content (AvgIpc) is 2.17. The standard InChI is InChI=1S/C12H16FN/c1-3-10(2)8-14-9-11-5-4-6-12(13)7-11/h4-7,14H,2-3,8-9H2,1H3. The van der Waals surface area contributed by atoms with Gasteiger partial charge in [-0.05, 0) is 24.1 Å². The summed E-state index contributed by atoms with van der Waals surface area (Å²) in [7, 11) is 0. The smallest absolute Gasteiger partial charge is 0.123 e. The second kappa shape index (κ2) is 5.55. The van der Waals surface area contributed by atoms with Crippen LogP contribution in [-0.4, -0.2) is 6.54 Å². The lowest BCUT2D eigenvalue weighted by Gasteiger charge is -2.05. The highest BCUT2D eigenvalue weighted by atomic mass is 19.1. The van der Waals surface area contributed by atoms with E-state index < -0.39 is 0 Å². The predicted molar refractivity (Wildman–Crippen MR) is 57.5 cm³/mol. The van der Waals surface area contributed by atoms with Crippen LogP contribution in [0.4, 0.5) is 4.39 Å². The van der Waals surface area contributed by atoms with Crippen LogP contribution in [0.15, 0.2) is 36.4 Å². The van der Waals surface area contributed by atoms with Crippen LogP contribution in [0.3, 0.4) is 0 Å². The topological polar surface area (TPSA) is 12.0 Å². The minimum Gasteiger partial charge on any atom is -0.309 e. The zero-order valence-corrected chi connectivity index (χ0v) is 8.52. The predicted octanol–water partition coefficient (Wildman–Crippen LogP) is 2.88. The van der Waals surface area contributed by atoms with E-state index in [4.69, 9.17) is 0 Å². The Bertz CT molecular complexity index is 307. The van der Waals surface area contributed by atoms with E-state index in [1.807, 2.05) is 6.07 Å². The molecule has 1 aromatic rings. The van der Waals surface area contributed by atoms with Gasteiger partial charge in [-0.1, -0.05) is 31.2 Å². The Hall–Kier alpha value is -1.15. The first-order chi connectivity index (χ1) is 6.72. The van der Waals surface area contributed by atoms with Gasteiger partial charge in [-0.15, -0.1) is 0 Å². The highest BCUT2D eigenvalue weighted by molar-refractivity contribution is 5.16. The third-order valence-electron chi connectivity index (χ3n) is 2.09. The van der Waals surface area contributed by atoms with Crippen LogP contribution in [0.2, 0.25) is 0 Å². The summed E-state index contributed by atoms with van der Waals surface area (Å²) in [6.07, 6.45) is 0.982. The van der Waals surface area contributed by atoms with E-state index in [0.29, 0.717) is 6.54 Å². The third kappa shape index (κ3) is 3.71. The lowest BCUT2D eigenvalue weighted by Crippen LogP contribution is -2.15. The van der Waals surface area contributed by atoms with Gasteiger partial charge in [-0.3, -0.25) is 0 Å². The molecule has 2 heteroatoms. The molecular weight excluding hydrogens is 177 g/mol. The molecule has 1 rings (SSSR count). The molecule has 0 saturated carbocycles. The van der Waals surface area contributed by atoms with E-state index in [-0.39, 0.29) is 5.82 Å². The van der Waals surface area contributed by atoms with Crippen molar-refractivity contribution in [3.8, 4) is 0 Å². The van der Waals surface area contributed by atoms with E-state index in [1.165, 1.54) is 11.6 Å². The molecule has 0 heterocycles. The summed E-state index contributed by atoms with van der Waals surface area (Å²) < 4.78 is 12.8. The van der Waals surface area contributed by atoms with Gasteiger partial charge in [0.15, 0.2) is 0 Å². The van der Waals surface area contributed by atoms with E-state index in [1.54, 1.807) is 12.1 Å². The molecule has 0 aliphatic carbocycles. The molecule has 0 radical (unpaired) electrons. The SMILES string of the molecule is C=C(CC)CNCc1cccc(F)c1. The third-order valence-corrected chi connectivity index (χ3v) is 2.09. The first kappa shape index (κ1) is 10.9. The van der Waals surface area contributed by atoms with E-state index in [2.05, 4.69) is 18.8 Å². The summed E-state index contributed by atoms with van der Waals surface area (Å²) in [5, 5.41) is 3.21. The van der Waals surface area contributed by atoms with E-state index >= 15 is 0 Å². The average molecular weight is 193 g/mol. The summed E-state index contributed by atoms with van der Waals surface area (Å²) in [5.41, 5.74) is 2.13. The fraction of sp³-hybridized carbons (Fsp3) is 0.333. The van der Waals surface area contributed by atoms with Crippen LogP contribution < -0.4 is 5.32 Å². The molecule has 1 N–H and O–H groups in total. The molecule has 0 aromatic heterocycles. The summed E-state index contributed by atoms with van der Waals surface area (Å²) >= 11 is 0. The van der Waals surface area contributed by atoms with Gasteiger partial charge in [0, 0.05) is 13.1 Å². The summed E-state index contributed by atoms with van der Waals surface area (Å²) in [6.45, 7) is 7.45. The van der Waals surface area contributed by atoms with Crippen LogP contribution in [-0.2, 0) is 6.54 Å². The van der Waals surface area contributed by atoms with Crippen molar-refractivity contribution < 1.29 is 4.39 Å². The molecule has 0 amide bonds. The van der Waals surface area contributed by atoms with Crippen LogP contribution >= 0.6 is 0 Å². The number of benzene rings is 1. The normalized spacial score (nSPS) is 10.1. The zero-order valence-electron chi connectivity index (χ0n) is 8.52. The van der Waals surface area contributed by atoms with Crippen molar-refractivity contribution in [3.05, 3.63) is 47.8 Å². The Balaban J connectivity index is 2.35. The second-order valence-corrected chi connectivity index (χ2v) is 3.34. The molecular formula is C12H16FN. The van der Waals surface area contributed by atoms with Crippen LogP contribution in [0.5, 0.6) is 0 Å². The van der Waals surface area contributed by atoms with Gasteiger partial charge in [-0.2, -0.15) is 0 Å². The van der Waals surface area contributed by atoms with Crippen molar-refractivity contribution in [3.63, 3.8) is 0 Å². The maximum Gasteiger partial charge on any atom is 0.123 e. The Morgan fingerprint density at radius 2 is 2.29 bits per heavy atom.